The monoisotopic (exact) mass is 522 g/mol. The SMILES string of the molecule is [B]Cc1ccc(NC(=O)CNC(=C2CCC2)C(NC(=O)CCOCCN2C(=O)CC(C)C2=O)C(C)C)cc1. The number of likely N-dealkylation sites (tertiary alicyclic amines) is 1. The first-order valence-electron chi connectivity index (χ1n) is 13.5. The number of carbonyl (C=O) groups is 4. The quantitative estimate of drug-likeness (QED) is 0.196. The van der Waals surface area contributed by atoms with Crippen LogP contribution in [-0.4, -0.2) is 68.7 Å². The summed E-state index contributed by atoms with van der Waals surface area (Å²) in [5.41, 5.74) is 3.84. The Balaban J connectivity index is 1.47. The Hall–Kier alpha value is -3.14. The third-order valence-corrected chi connectivity index (χ3v) is 6.95. The van der Waals surface area contributed by atoms with Crippen molar-refractivity contribution in [2.24, 2.45) is 11.8 Å². The average molecular weight is 522 g/mol. The summed E-state index contributed by atoms with van der Waals surface area (Å²) in [6.07, 6.45) is 3.82. The van der Waals surface area contributed by atoms with Crippen LogP contribution in [0.3, 0.4) is 0 Å². The fraction of sp³-hybridized carbons (Fsp3) is 0.571. The van der Waals surface area contributed by atoms with Crippen LogP contribution < -0.4 is 16.0 Å². The molecule has 9 nitrogen and oxygen atoms in total. The standard InChI is InChI=1S/C28H39BN4O5/c1-18(2)26(32-23(34)11-13-38-14-12-33-25(36)15-19(3)28(33)37)27(21-5-4-6-21)30-17-24(35)31-22-9-7-20(16-29)8-10-22/h7-10,18-19,26,30H,4-6,11-17H2,1-3H3,(H,31,35)(H,32,34). The summed E-state index contributed by atoms with van der Waals surface area (Å²) in [5.74, 6) is -0.840. The number of carbonyl (C=O) groups excluding carboxylic acids is 4. The Labute approximate surface area is 226 Å². The molecule has 4 amide bonds. The molecule has 1 aliphatic heterocycles. The molecule has 0 spiro atoms. The Morgan fingerprint density at radius 1 is 1.11 bits per heavy atom. The summed E-state index contributed by atoms with van der Waals surface area (Å²) in [6, 6.07) is 7.16. The first kappa shape index (κ1) is 29.4. The van der Waals surface area contributed by atoms with Crippen LogP contribution >= 0.6 is 0 Å². The van der Waals surface area contributed by atoms with E-state index in [0.29, 0.717) is 12.0 Å². The number of anilines is 1. The Morgan fingerprint density at radius 3 is 2.37 bits per heavy atom. The highest BCUT2D eigenvalue weighted by Crippen LogP contribution is 2.30. The van der Waals surface area contributed by atoms with Crippen molar-refractivity contribution >= 4 is 37.2 Å². The van der Waals surface area contributed by atoms with E-state index in [-0.39, 0.29) is 80.7 Å². The zero-order valence-corrected chi connectivity index (χ0v) is 22.7. The van der Waals surface area contributed by atoms with Crippen LogP contribution in [0.25, 0.3) is 0 Å². The molecule has 1 saturated carbocycles. The predicted octanol–water partition coefficient (Wildman–Crippen LogP) is 2.26. The number of nitrogens with zero attached hydrogens (tertiary/aromatic N) is 1. The average Bonchev–Trinajstić information content (AvgIpc) is 3.09. The molecule has 204 valence electrons. The molecule has 0 bridgehead atoms. The van der Waals surface area contributed by atoms with Crippen molar-refractivity contribution in [3.05, 3.63) is 41.1 Å². The van der Waals surface area contributed by atoms with Crippen LogP contribution in [0.2, 0.25) is 0 Å². The number of hydrogen-bond donors (Lipinski definition) is 3. The number of amides is 4. The van der Waals surface area contributed by atoms with Gasteiger partial charge in [-0.2, -0.15) is 0 Å². The number of rotatable bonds is 14. The summed E-state index contributed by atoms with van der Waals surface area (Å²) < 4.78 is 5.54. The van der Waals surface area contributed by atoms with Gasteiger partial charge in [0.15, 0.2) is 0 Å². The van der Waals surface area contributed by atoms with Gasteiger partial charge >= 0.3 is 0 Å². The van der Waals surface area contributed by atoms with E-state index in [0.717, 1.165) is 30.5 Å². The second-order valence-corrected chi connectivity index (χ2v) is 10.3. The molecule has 3 rings (SSSR count). The van der Waals surface area contributed by atoms with Gasteiger partial charge in [-0.15, -0.1) is 0 Å². The highest BCUT2D eigenvalue weighted by molar-refractivity contribution is 6.08. The predicted molar refractivity (Wildman–Crippen MR) is 146 cm³/mol. The maximum absolute atomic E-state index is 12.7. The number of benzene rings is 1. The van der Waals surface area contributed by atoms with Crippen LogP contribution in [-0.2, 0) is 30.2 Å². The maximum atomic E-state index is 12.7. The van der Waals surface area contributed by atoms with E-state index in [1.807, 2.05) is 38.1 Å². The van der Waals surface area contributed by atoms with Gasteiger partial charge in [-0.1, -0.05) is 44.8 Å². The van der Waals surface area contributed by atoms with Crippen molar-refractivity contribution in [1.82, 2.24) is 15.5 Å². The van der Waals surface area contributed by atoms with E-state index in [2.05, 4.69) is 16.0 Å². The zero-order valence-electron chi connectivity index (χ0n) is 22.7. The summed E-state index contributed by atoms with van der Waals surface area (Å²) >= 11 is 0. The van der Waals surface area contributed by atoms with Crippen LogP contribution in [0, 0.1) is 11.8 Å². The van der Waals surface area contributed by atoms with Gasteiger partial charge in [-0.25, -0.2) is 0 Å². The van der Waals surface area contributed by atoms with Crippen molar-refractivity contribution < 1.29 is 23.9 Å². The van der Waals surface area contributed by atoms with E-state index in [4.69, 9.17) is 12.6 Å². The Kier molecular flexibility index (Phi) is 10.9. The van der Waals surface area contributed by atoms with E-state index < -0.39 is 0 Å². The lowest BCUT2D eigenvalue weighted by Crippen LogP contribution is -2.46. The van der Waals surface area contributed by atoms with Gasteiger partial charge in [0.2, 0.25) is 23.6 Å². The van der Waals surface area contributed by atoms with Gasteiger partial charge in [0.25, 0.3) is 0 Å². The fourth-order valence-electron chi connectivity index (χ4n) is 4.51. The lowest BCUT2D eigenvalue weighted by atomic mass is 9.85. The second kappa shape index (κ2) is 14.1. The third kappa shape index (κ3) is 8.18. The molecule has 2 radical (unpaired) electrons. The fourth-order valence-corrected chi connectivity index (χ4v) is 4.51. The summed E-state index contributed by atoms with van der Waals surface area (Å²) in [5, 5.41) is 9.29. The Morgan fingerprint density at radius 2 is 1.82 bits per heavy atom. The second-order valence-electron chi connectivity index (χ2n) is 10.3. The van der Waals surface area contributed by atoms with Crippen molar-refractivity contribution in [1.29, 1.82) is 0 Å². The lowest BCUT2D eigenvalue weighted by Gasteiger charge is -2.32. The molecule has 1 saturated heterocycles. The van der Waals surface area contributed by atoms with Crippen molar-refractivity contribution in [2.75, 3.05) is 31.6 Å². The molecular weight excluding hydrogens is 483 g/mol. The highest BCUT2D eigenvalue weighted by atomic mass is 16.5. The van der Waals surface area contributed by atoms with Gasteiger partial charge in [-0.3, -0.25) is 24.1 Å². The molecular formula is C28H39BN4O5. The summed E-state index contributed by atoms with van der Waals surface area (Å²) in [6.45, 7) is 6.49. The maximum Gasteiger partial charge on any atom is 0.243 e. The first-order chi connectivity index (χ1) is 18.2. The van der Waals surface area contributed by atoms with Gasteiger partial charge < -0.3 is 20.7 Å². The van der Waals surface area contributed by atoms with E-state index >= 15 is 0 Å². The minimum atomic E-state index is -0.275. The third-order valence-electron chi connectivity index (χ3n) is 6.95. The number of nitrogens with one attached hydrogen (secondary N) is 3. The molecule has 1 aromatic carbocycles. The van der Waals surface area contributed by atoms with Gasteiger partial charge in [0, 0.05) is 30.1 Å². The van der Waals surface area contributed by atoms with Gasteiger partial charge in [-0.05, 0) is 42.9 Å². The van der Waals surface area contributed by atoms with E-state index in [9.17, 15) is 19.2 Å². The first-order valence-corrected chi connectivity index (χ1v) is 13.5. The minimum Gasteiger partial charge on any atom is -0.379 e. The van der Waals surface area contributed by atoms with Gasteiger partial charge in [0.1, 0.15) is 0 Å². The molecule has 10 heteroatoms. The molecule has 2 fully saturated rings. The Bertz CT molecular complexity index is 1030. The highest BCUT2D eigenvalue weighted by Gasteiger charge is 2.35. The normalized spacial score (nSPS) is 17.8. The summed E-state index contributed by atoms with van der Waals surface area (Å²) in [4.78, 5) is 50.4. The van der Waals surface area contributed by atoms with Crippen LogP contribution in [0.1, 0.15) is 58.4 Å². The zero-order chi connectivity index (χ0) is 27.7. The van der Waals surface area contributed by atoms with Crippen LogP contribution in [0.15, 0.2) is 35.5 Å². The molecule has 0 aromatic heterocycles. The van der Waals surface area contributed by atoms with Crippen molar-refractivity contribution in [3.63, 3.8) is 0 Å². The molecule has 1 heterocycles. The van der Waals surface area contributed by atoms with Crippen LogP contribution in [0.5, 0.6) is 0 Å². The van der Waals surface area contributed by atoms with Crippen LogP contribution in [0.4, 0.5) is 5.69 Å². The molecule has 2 unspecified atom stereocenters. The molecule has 38 heavy (non-hydrogen) atoms. The number of allylic oxidation sites excluding steroid dienone is 1. The van der Waals surface area contributed by atoms with Crippen molar-refractivity contribution in [3.8, 4) is 0 Å². The summed E-state index contributed by atoms with van der Waals surface area (Å²) in [7, 11) is 5.63. The molecule has 2 atom stereocenters. The van der Waals surface area contributed by atoms with E-state index in [1.165, 1.54) is 10.5 Å². The topological polar surface area (TPSA) is 117 Å². The molecule has 3 N–H and O–H groups in total. The molecule has 2 aliphatic rings. The lowest BCUT2D eigenvalue weighted by molar-refractivity contribution is -0.140. The largest absolute Gasteiger partial charge is 0.379 e. The smallest absolute Gasteiger partial charge is 0.243 e. The van der Waals surface area contributed by atoms with Crippen molar-refractivity contribution in [2.45, 2.75) is 65.2 Å². The molecule has 1 aromatic rings. The molecule has 1 aliphatic carbocycles. The van der Waals surface area contributed by atoms with E-state index in [1.54, 1.807) is 6.92 Å². The minimum absolute atomic E-state index is 0.0895. The number of ether oxygens (including phenoxy) is 1. The number of hydrogen-bond acceptors (Lipinski definition) is 6. The van der Waals surface area contributed by atoms with Gasteiger partial charge in [0.05, 0.1) is 40.2 Å². The number of imide groups is 1.